The van der Waals surface area contributed by atoms with Gasteiger partial charge in [-0.2, -0.15) is 5.10 Å². The molecule has 0 saturated heterocycles. The monoisotopic (exact) mass is 471 g/mol. The van der Waals surface area contributed by atoms with Gasteiger partial charge in [-0.15, -0.1) is 0 Å². The van der Waals surface area contributed by atoms with Gasteiger partial charge in [0.05, 0.1) is 13.1 Å². The summed E-state index contributed by atoms with van der Waals surface area (Å²) in [7, 11) is 0. The largest absolute Gasteiger partial charge is 0.357 e. The highest BCUT2D eigenvalue weighted by atomic mass is 19.1. The number of aryl methyl sites for hydroxylation is 1. The van der Waals surface area contributed by atoms with Crippen LogP contribution in [0.2, 0.25) is 0 Å². The fraction of sp³-hybridized carbons (Fsp3) is 0.222. The van der Waals surface area contributed by atoms with Gasteiger partial charge in [0, 0.05) is 35.6 Å². The molecule has 1 aliphatic heterocycles. The predicted octanol–water partition coefficient (Wildman–Crippen LogP) is 4.72. The maximum absolute atomic E-state index is 13.4. The molecule has 0 radical (unpaired) electrons. The molecular weight excluding hydrogens is 445 g/mol. The van der Waals surface area contributed by atoms with Gasteiger partial charge in [0.1, 0.15) is 11.5 Å². The number of amides is 2. The average Bonchev–Trinajstić information content (AvgIpc) is 3.49. The van der Waals surface area contributed by atoms with E-state index in [0.717, 1.165) is 22.4 Å². The van der Waals surface area contributed by atoms with Crippen LogP contribution in [0.1, 0.15) is 56.2 Å². The van der Waals surface area contributed by atoms with Crippen LogP contribution in [0.15, 0.2) is 66.9 Å². The summed E-state index contributed by atoms with van der Waals surface area (Å²) in [5.41, 5.74) is 5.03. The smallest absolute Gasteiger partial charge is 0.276 e. The molecule has 2 aromatic carbocycles. The first-order chi connectivity index (χ1) is 16.9. The van der Waals surface area contributed by atoms with E-state index in [-0.39, 0.29) is 30.1 Å². The molecule has 0 aliphatic carbocycles. The van der Waals surface area contributed by atoms with Crippen LogP contribution in [-0.4, -0.2) is 38.0 Å². The predicted molar refractivity (Wildman–Crippen MR) is 131 cm³/mol. The molecule has 178 valence electrons. The Bertz CT molecular complexity index is 1380. The van der Waals surface area contributed by atoms with Crippen molar-refractivity contribution in [2.45, 2.75) is 32.9 Å². The topological polar surface area (TPSA) is 83.0 Å². The van der Waals surface area contributed by atoms with Crippen LogP contribution < -0.4 is 5.32 Å². The Morgan fingerprint density at radius 1 is 1.14 bits per heavy atom. The number of rotatable bonds is 5. The van der Waals surface area contributed by atoms with Crippen LogP contribution in [0, 0.1) is 12.7 Å². The van der Waals surface area contributed by atoms with Crippen molar-refractivity contribution in [1.29, 1.82) is 0 Å². The number of fused-ring (bicyclic) bond motifs is 1. The molecule has 0 fully saturated rings. The molecule has 35 heavy (non-hydrogen) atoms. The van der Waals surface area contributed by atoms with Crippen molar-refractivity contribution in [2.24, 2.45) is 0 Å². The van der Waals surface area contributed by atoms with Crippen LogP contribution in [-0.2, 0) is 13.1 Å². The number of nitrogens with one attached hydrogen (secondary N) is 2. The minimum Gasteiger partial charge on any atom is -0.357 e. The van der Waals surface area contributed by atoms with Crippen molar-refractivity contribution in [1.82, 2.24) is 19.7 Å². The Morgan fingerprint density at radius 2 is 1.94 bits per heavy atom. The number of carbonyl (C=O) groups is 2. The minimum absolute atomic E-state index is 0.0499. The lowest BCUT2D eigenvalue weighted by Crippen LogP contribution is -2.38. The minimum atomic E-state index is -0.328. The van der Waals surface area contributed by atoms with E-state index < -0.39 is 0 Å². The van der Waals surface area contributed by atoms with Crippen LogP contribution in [0.5, 0.6) is 0 Å². The zero-order chi connectivity index (χ0) is 24.5. The molecule has 0 spiro atoms. The highest BCUT2D eigenvalue weighted by Gasteiger charge is 2.34. The molecule has 3 heterocycles. The number of nitrogens with zero attached hydrogens (tertiary/aromatic N) is 3. The molecule has 4 aromatic rings. The lowest BCUT2D eigenvalue weighted by molar-refractivity contribution is 0.0711. The van der Waals surface area contributed by atoms with Gasteiger partial charge < -0.3 is 15.2 Å². The Balaban J connectivity index is 1.52. The highest BCUT2D eigenvalue weighted by Crippen LogP contribution is 2.32. The number of benzene rings is 2. The zero-order valence-electron chi connectivity index (χ0n) is 19.6. The first kappa shape index (κ1) is 22.6. The van der Waals surface area contributed by atoms with Gasteiger partial charge in [0.2, 0.25) is 0 Å². The first-order valence-corrected chi connectivity index (χ1v) is 11.5. The van der Waals surface area contributed by atoms with Crippen LogP contribution in [0.3, 0.4) is 0 Å². The fourth-order valence-corrected chi connectivity index (χ4v) is 4.66. The Labute approximate surface area is 202 Å². The van der Waals surface area contributed by atoms with Gasteiger partial charge in [-0.1, -0.05) is 31.2 Å². The van der Waals surface area contributed by atoms with Gasteiger partial charge in [0.25, 0.3) is 11.8 Å². The van der Waals surface area contributed by atoms with Crippen molar-refractivity contribution >= 4 is 17.5 Å². The van der Waals surface area contributed by atoms with Crippen molar-refractivity contribution in [3.63, 3.8) is 0 Å². The normalized spacial score (nSPS) is 15.1. The van der Waals surface area contributed by atoms with E-state index in [1.807, 2.05) is 42.8 Å². The second-order valence-electron chi connectivity index (χ2n) is 8.99. The van der Waals surface area contributed by atoms with Gasteiger partial charge in [0.15, 0.2) is 5.69 Å². The summed E-state index contributed by atoms with van der Waals surface area (Å²) in [6.07, 6.45) is 1.72. The van der Waals surface area contributed by atoms with E-state index in [0.29, 0.717) is 30.2 Å². The van der Waals surface area contributed by atoms with Gasteiger partial charge in [-0.3, -0.25) is 14.3 Å². The average molecular weight is 472 g/mol. The van der Waals surface area contributed by atoms with Crippen molar-refractivity contribution in [3.05, 3.63) is 106 Å². The SMILES string of the molecule is Cc1cccc(NC(=O)c2nn(Cc3ccc(F)cc3)c3c2CN(C(=O)c2ccc[nH]2)CC3C)c1. The van der Waals surface area contributed by atoms with E-state index in [1.54, 1.807) is 35.4 Å². The summed E-state index contributed by atoms with van der Waals surface area (Å²) in [6, 6.07) is 17.3. The zero-order valence-corrected chi connectivity index (χ0v) is 19.6. The molecule has 2 aromatic heterocycles. The fourth-order valence-electron chi connectivity index (χ4n) is 4.66. The lowest BCUT2D eigenvalue weighted by atomic mass is 9.95. The second kappa shape index (κ2) is 9.21. The van der Waals surface area contributed by atoms with E-state index in [4.69, 9.17) is 5.10 Å². The number of carbonyl (C=O) groups excluding carboxylic acids is 2. The summed E-state index contributed by atoms with van der Waals surface area (Å²) in [4.78, 5) is 31.2. The molecule has 8 heteroatoms. The lowest BCUT2D eigenvalue weighted by Gasteiger charge is -2.32. The number of anilines is 1. The Morgan fingerprint density at radius 3 is 2.66 bits per heavy atom. The molecule has 1 atom stereocenters. The molecule has 1 aliphatic rings. The van der Waals surface area contributed by atoms with Gasteiger partial charge >= 0.3 is 0 Å². The van der Waals surface area contributed by atoms with E-state index in [9.17, 15) is 14.0 Å². The third-order valence-corrected chi connectivity index (χ3v) is 6.26. The van der Waals surface area contributed by atoms with E-state index in [1.165, 1.54) is 12.1 Å². The van der Waals surface area contributed by atoms with Gasteiger partial charge in [-0.05, 0) is 54.4 Å². The number of aromatic nitrogens is 3. The highest BCUT2D eigenvalue weighted by molar-refractivity contribution is 6.04. The third kappa shape index (κ3) is 4.59. The summed E-state index contributed by atoms with van der Waals surface area (Å²) >= 11 is 0. The quantitative estimate of drug-likeness (QED) is 0.442. The molecule has 0 bridgehead atoms. The van der Waals surface area contributed by atoms with Crippen LogP contribution in [0.4, 0.5) is 10.1 Å². The molecule has 1 unspecified atom stereocenters. The number of aromatic amines is 1. The van der Waals surface area contributed by atoms with Crippen LogP contribution >= 0.6 is 0 Å². The maximum Gasteiger partial charge on any atom is 0.276 e. The molecular formula is C27H26FN5O2. The number of hydrogen-bond donors (Lipinski definition) is 2. The Kier molecular flexibility index (Phi) is 5.94. The molecule has 7 nitrogen and oxygen atoms in total. The van der Waals surface area contributed by atoms with Crippen molar-refractivity contribution in [2.75, 3.05) is 11.9 Å². The van der Waals surface area contributed by atoms with Crippen LogP contribution in [0.25, 0.3) is 0 Å². The number of H-pyrrole nitrogens is 1. The summed E-state index contributed by atoms with van der Waals surface area (Å²) < 4.78 is 15.2. The number of hydrogen-bond acceptors (Lipinski definition) is 3. The summed E-state index contributed by atoms with van der Waals surface area (Å²) in [6.45, 7) is 5.16. The number of halogens is 1. The van der Waals surface area contributed by atoms with Crippen molar-refractivity contribution in [3.8, 4) is 0 Å². The van der Waals surface area contributed by atoms with Crippen molar-refractivity contribution < 1.29 is 14.0 Å². The third-order valence-electron chi connectivity index (χ3n) is 6.26. The summed E-state index contributed by atoms with van der Waals surface area (Å²) in [5.74, 6) is -0.803. The van der Waals surface area contributed by atoms with E-state index >= 15 is 0 Å². The molecule has 0 saturated carbocycles. The molecule has 2 amide bonds. The van der Waals surface area contributed by atoms with Gasteiger partial charge in [-0.25, -0.2) is 4.39 Å². The summed E-state index contributed by atoms with van der Waals surface area (Å²) in [5, 5.41) is 7.65. The molecule has 5 rings (SSSR count). The first-order valence-electron chi connectivity index (χ1n) is 11.5. The Hall–Kier alpha value is -4.20. The second-order valence-corrected chi connectivity index (χ2v) is 8.99. The molecule has 2 N–H and O–H groups in total. The maximum atomic E-state index is 13.4. The van der Waals surface area contributed by atoms with E-state index in [2.05, 4.69) is 10.3 Å². The standard InChI is InChI=1S/C27H26FN5O2/c1-17-5-3-6-21(13-17)30-26(34)24-22-16-32(27(35)23-7-4-12-29-23)14-18(2)25(22)33(31-24)15-19-8-10-20(28)11-9-19/h3-13,18,29H,14-16H2,1-2H3,(H,30,34).